The van der Waals surface area contributed by atoms with E-state index in [2.05, 4.69) is 108 Å². The summed E-state index contributed by atoms with van der Waals surface area (Å²) in [4.78, 5) is 15.7. The molecule has 0 aliphatic carbocycles. The fraction of sp³-hybridized carbons (Fsp3) is 0.194. The first-order valence-corrected chi connectivity index (χ1v) is 11.8. The Kier molecular flexibility index (Phi) is 6.46. The first-order chi connectivity index (χ1) is 16.3. The van der Waals surface area contributed by atoms with Crippen molar-refractivity contribution in [1.82, 2.24) is 4.90 Å². The van der Waals surface area contributed by atoms with E-state index in [4.69, 9.17) is 0 Å². The summed E-state index contributed by atoms with van der Waals surface area (Å²) in [5.74, 6) is 0.403. The Balaban J connectivity index is 1.44. The fourth-order valence-electron chi connectivity index (χ4n) is 5.14. The van der Waals surface area contributed by atoms with Gasteiger partial charge >= 0.3 is 0 Å². The van der Waals surface area contributed by atoms with Crippen molar-refractivity contribution >= 4 is 5.78 Å². The second-order valence-corrected chi connectivity index (χ2v) is 8.88. The summed E-state index contributed by atoms with van der Waals surface area (Å²) in [6.45, 7) is 2.44. The molecule has 0 spiro atoms. The molecular formula is C31H29NO. The summed E-state index contributed by atoms with van der Waals surface area (Å²) in [5, 5.41) is 0. The molecule has 0 saturated carbocycles. The van der Waals surface area contributed by atoms with E-state index in [1.165, 1.54) is 27.8 Å². The molecule has 2 heteroatoms. The van der Waals surface area contributed by atoms with Crippen LogP contribution in [-0.4, -0.2) is 23.8 Å². The monoisotopic (exact) mass is 431 g/mol. The lowest BCUT2D eigenvalue weighted by atomic mass is 9.76. The fourth-order valence-corrected chi connectivity index (χ4v) is 5.14. The van der Waals surface area contributed by atoms with E-state index in [-0.39, 0.29) is 11.8 Å². The van der Waals surface area contributed by atoms with Gasteiger partial charge in [-0.1, -0.05) is 115 Å². The first-order valence-electron chi connectivity index (χ1n) is 11.8. The normalized spacial score (nSPS) is 16.8. The zero-order valence-electron chi connectivity index (χ0n) is 18.8. The number of rotatable bonds is 6. The minimum absolute atomic E-state index is 0.0487. The Morgan fingerprint density at radius 2 is 1.24 bits per heavy atom. The third-order valence-electron chi connectivity index (χ3n) is 6.76. The van der Waals surface area contributed by atoms with Crippen LogP contribution in [0.5, 0.6) is 0 Å². The third-order valence-corrected chi connectivity index (χ3v) is 6.76. The maximum Gasteiger partial charge on any atom is 0.139 e. The van der Waals surface area contributed by atoms with Crippen LogP contribution in [0.1, 0.15) is 29.0 Å². The Hall–Kier alpha value is -3.49. The quantitative estimate of drug-likeness (QED) is 0.344. The molecule has 33 heavy (non-hydrogen) atoms. The molecule has 0 amide bonds. The summed E-state index contributed by atoms with van der Waals surface area (Å²) in [7, 11) is 0. The van der Waals surface area contributed by atoms with Crippen LogP contribution in [0.2, 0.25) is 0 Å². The molecule has 1 atom stereocenters. The maximum atomic E-state index is 13.2. The number of hydrogen-bond acceptors (Lipinski definition) is 2. The molecule has 4 aromatic rings. The number of ketones is 1. The van der Waals surface area contributed by atoms with Crippen molar-refractivity contribution in [2.45, 2.75) is 18.9 Å². The van der Waals surface area contributed by atoms with Crippen molar-refractivity contribution in [3.05, 3.63) is 132 Å². The largest absolute Gasteiger partial charge is 0.299 e. The topological polar surface area (TPSA) is 20.3 Å². The zero-order chi connectivity index (χ0) is 22.5. The zero-order valence-corrected chi connectivity index (χ0v) is 18.8. The first kappa shape index (κ1) is 21.4. The summed E-state index contributed by atoms with van der Waals surface area (Å²) >= 11 is 0. The lowest BCUT2D eigenvalue weighted by molar-refractivity contribution is -0.126. The van der Waals surface area contributed by atoms with Crippen LogP contribution in [0.4, 0.5) is 0 Å². The van der Waals surface area contributed by atoms with Crippen LogP contribution in [-0.2, 0) is 11.3 Å². The predicted molar refractivity (Wildman–Crippen MR) is 135 cm³/mol. The average molecular weight is 432 g/mol. The summed E-state index contributed by atoms with van der Waals surface area (Å²) in [6, 6.07) is 40.3. The SMILES string of the molecule is O=C1CCN(Cc2ccccc2-c2ccccc2)CC1C(c1ccccc1)c1ccccc1. The van der Waals surface area contributed by atoms with Gasteiger partial charge in [-0.2, -0.15) is 0 Å². The summed E-state index contributed by atoms with van der Waals surface area (Å²) < 4.78 is 0. The van der Waals surface area contributed by atoms with Gasteiger partial charge in [-0.25, -0.2) is 0 Å². The van der Waals surface area contributed by atoms with Crippen molar-refractivity contribution in [3.63, 3.8) is 0 Å². The molecule has 1 aliphatic rings. The van der Waals surface area contributed by atoms with Gasteiger partial charge in [0, 0.05) is 37.9 Å². The number of hydrogen-bond donors (Lipinski definition) is 0. The van der Waals surface area contributed by atoms with Crippen LogP contribution >= 0.6 is 0 Å². The van der Waals surface area contributed by atoms with Crippen molar-refractivity contribution in [3.8, 4) is 11.1 Å². The van der Waals surface area contributed by atoms with Gasteiger partial charge in [0.2, 0.25) is 0 Å². The Labute approximate surface area is 196 Å². The van der Waals surface area contributed by atoms with Gasteiger partial charge in [0.15, 0.2) is 0 Å². The minimum atomic E-state index is -0.0487. The van der Waals surface area contributed by atoms with Gasteiger partial charge in [0.25, 0.3) is 0 Å². The number of Topliss-reactive ketones (excluding diaryl/α,β-unsaturated/α-hetero) is 1. The number of likely N-dealkylation sites (tertiary alicyclic amines) is 1. The van der Waals surface area contributed by atoms with E-state index in [1.54, 1.807) is 0 Å². The van der Waals surface area contributed by atoms with Gasteiger partial charge in [-0.3, -0.25) is 9.69 Å². The molecular weight excluding hydrogens is 402 g/mol. The molecule has 1 saturated heterocycles. The smallest absolute Gasteiger partial charge is 0.139 e. The molecule has 0 N–H and O–H groups in total. The van der Waals surface area contributed by atoms with Crippen molar-refractivity contribution in [2.75, 3.05) is 13.1 Å². The van der Waals surface area contributed by atoms with E-state index >= 15 is 0 Å². The van der Waals surface area contributed by atoms with E-state index in [1.807, 2.05) is 12.1 Å². The Morgan fingerprint density at radius 3 is 1.88 bits per heavy atom. The average Bonchev–Trinajstić information content (AvgIpc) is 2.88. The van der Waals surface area contributed by atoms with Gasteiger partial charge < -0.3 is 0 Å². The number of carbonyl (C=O) groups is 1. The van der Waals surface area contributed by atoms with Crippen molar-refractivity contribution < 1.29 is 4.79 Å². The highest BCUT2D eigenvalue weighted by atomic mass is 16.1. The molecule has 1 heterocycles. The second-order valence-electron chi connectivity index (χ2n) is 8.88. The molecule has 1 aliphatic heterocycles. The Morgan fingerprint density at radius 1 is 0.697 bits per heavy atom. The van der Waals surface area contributed by atoms with Crippen LogP contribution in [0.3, 0.4) is 0 Å². The van der Waals surface area contributed by atoms with Crippen LogP contribution < -0.4 is 0 Å². The molecule has 2 nitrogen and oxygen atoms in total. The van der Waals surface area contributed by atoms with E-state index in [9.17, 15) is 4.79 Å². The molecule has 5 rings (SSSR count). The lowest BCUT2D eigenvalue weighted by Gasteiger charge is -2.37. The van der Waals surface area contributed by atoms with Crippen molar-refractivity contribution in [1.29, 1.82) is 0 Å². The highest BCUT2D eigenvalue weighted by Gasteiger charge is 2.35. The van der Waals surface area contributed by atoms with Crippen LogP contribution in [0.25, 0.3) is 11.1 Å². The van der Waals surface area contributed by atoms with E-state index in [0.29, 0.717) is 12.2 Å². The summed E-state index contributed by atoms with van der Waals surface area (Å²) in [5.41, 5.74) is 6.26. The Bertz CT molecular complexity index is 1150. The van der Waals surface area contributed by atoms with E-state index < -0.39 is 0 Å². The molecule has 0 bridgehead atoms. The van der Waals surface area contributed by atoms with Gasteiger partial charge in [0.1, 0.15) is 5.78 Å². The highest BCUT2D eigenvalue weighted by Crippen LogP contribution is 2.36. The number of benzene rings is 4. The van der Waals surface area contributed by atoms with Gasteiger partial charge in [0.05, 0.1) is 0 Å². The summed E-state index contributed by atoms with van der Waals surface area (Å²) in [6.07, 6.45) is 0.605. The number of carbonyl (C=O) groups excluding carboxylic acids is 1. The maximum absolute atomic E-state index is 13.2. The van der Waals surface area contributed by atoms with Crippen molar-refractivity contribution in [2.24, 2.45) is 5.92 Å². The van der Waals surface area contributed by atoms with Gasteiger partial charge in [-0.15, -0.1) is 0 Å². The van der Waals surface area contributed by atoms with Crippen LogP contribution in [0, 0.1) is 5.92 Å². The highest BCUT2D eigenvalue weighted by molar-refractivity contribution is 5.84. The lowest BCUT2D eigenvalue weighted by Crippen LogP contribution is -2.43. The number of nitrogens with zero attached hydrogens (tertiary/aromatic N) is 1. The third kappa shape index (κ3) is 4.81. The predicted octanol–water partition coefficient (Wildman–Crippen LogP) is 6.58. The van der Waals surface area contributed by atoms with E-state index in [0.717, 1.165) is 19.6 Å². The molecule has 0 aromatic heterocycles. The molecule has 164 valence electrons. The molecule has 1 fully saturated rings. The van der Waals surface area contributed by atoms with Crippen LogP contribution in [0.15, 0.2) is 115 Å². The second kappa shape index (κ2) is 9.97. The standard InChI is InChI=1S/C31H29NO/c33-30-20-21-32(22-27-18-10-11-19-28(27)24-12-4-1-5-13-24)23-29(30)31(25-14-6-2-7-15-25)26-16-8-3-9-17-26/h1-19,29,31H,20-23H2. The minimum Gasteiger partial charge on any atom is -0.299 e. The number of piperidine rings is 1. The molecule has 1 unspecified atom stereocenters. The molecule has 0 radical (unpaired) electrons. The molecule has 4 aromatic carbocycles. The van der Waals surface area contributed by atoms with Gasteiger partial charge in [-0.05, 0) is 27.8 Å².